The van der Waals surface area contributed by atoms with Gasteiger partial charge in [-0.05, 0) is 23.8 Å². The molecule has 9 heteroatoms. The number of rotatable bonds is 9. The van der Waals surface area contributed by atoms with Crippen LogP contribution in [-0.2, 0) is 20.9 Å². The van der Waals surface area contributed by atoms with Gasteiger partial charge in [-0.3, -0.25) is 14.4 Å². The fraction of sp³-hybridized carbons (Fsp3) is 0.238. The van der Waals surface area contributed by atoms with E-state index in [2.05, 4.69) is 10.6 Å². The van der Waals surface area contributed by atoms with Gasteiger partial charge in [0, 0.05) is 31.3 Å². The molecule has 2 aromatic carbocycles. The molecule has 0 aliphatic heterocycles. The molecule has 0 unspecified atom stereocenters. The minimum Gasteiger partial charge on any atom is -0.445 e. The number of carbonyl (C=O) groups excluding carboxylic acids is 4. The van der Waals surface area contributed by atoms with E-state index in [4.69, 9.17) is 10.5 Å². The first-order valence-electron chi connectivity index (χ1n) is 9.23. The van der Waals surface area contributed by atoms with Crippen LogP contribution in [0.3, 0.4) is 0 Å². The predicted octanol–water partition coefficient (Wildman–Crippen LogP) is 1.50. The molecular weight excluding hydrogens is 388 g/mol. The molecule has 30 heavy (non-hydrogen) atoms. The quantitative estimate of drug-likeness (QED) is 0.574. The van der Waals surface area contributed by atoms with Gasteiger partial charge in [-0.2, -0.15) is 0 Å². The lowest BCUT2D eigenvalue weighted by molar-refractivity contribution is -0.118. The maximum absolute atomic E-state index is 12.2. The summed E-state index contributed by atoms with van der Waals surface area (Å²) in [6.07, 6.45) is -0.592. The molecule has 0 aromatic heterocycles. The number of hydrogen-bond acceptors (Lipinski definition) is 5. The third-order valence-corrected chi connectivity index (χ3v) is 3.96. The van der Waals surface area contributed by atoms with Gasteiger partial charge >= 0.3 is 6.09 Å². The monoisotopic (exact) mass is 412 g/mol. The Bertz CT molecular complexity index is 901. The summed E-state index contributed by atoms with van der Waals surface area (Å²) in [5.74, 6) is -1.35. The number of benzene rings is 2. The van der Waals surface area contributed by atoms with Crippen LogP contribution in [0.25, 0.3) is 0 Å². The zero-order valence-corrected chi connectivity index (χ0v) is 16.6. The molecule has 2 aromatic rings. The van der Waals surface area contributed by atoms with E-state index in [1.165, 1.54) is 13.1 Å². The zero-order valence-electron chi connectivity index (χ0n) is 16.6. The van der Waals surface area contributed by atoms with Crippen molar-refractivity contribution in [2.75, 3.05) is 25.5 Å². The van der Waals surface area contributed by atoms with Crippen LogP contribution in [0.2, 0.25) is 0 Å². The Kier molecular flexibility index (Phi) is 8.37. The van der Waals surface area contributed by atoms with Gasteiger partial charge in [-0.25, -0.2) is 4.79 Å². The third kappa shape index (κ3) is 7.63. The molecule has 0 heterocycles. The van der Waals surface area contributed by atoms with Gasteiger partial charge in [-0.15, -0.1) is 0 Å². The lowest BCUT2D eigenvalue weighted by atomic mass is 10.2. The van der Waals surface area contributed by atoms with E-state index >= 15 is 0 Å². The molecule has 0 fully saturated rings. The number of nitrogens with one attached hydrogen (secondary N) is 2. The van der Waals surface area contributed by atoms with E-state index in [1.54, 1.807) is 18.2 Å². The highest BCUT2D eigenvalue weighted by molar-refractivity contribution is 5.98. The highest BCUT2D eigenvalue weighted by Gasteiger charge is 2.15. The van der Waals surface area contributed by atoms with Crippen molar-refractivity contribution in [1.82, 2.24) is 10.2 Å². The highest BCUT2D eigenvalue weighted by Crippen LogP contribution is 2.11. The Labute approximate surface area is 174 Å². The van der Waals surface area contributed by atoms with Gasteiger partial charge in [0.15, 0.2) is 0 Å². The largest absolute Gasteiger partial charge is 0.445 e. The molecule has 0 bridgehead atoms. The van der Waals surface area contributed by atoms with Crippen LogP contribution in [0.4, 0.5) is 10.5 Å². The van der Waals surface area contributed by atoms with Crippen molar-refractivity contribution in [2.45, 2.75) is 13.0 Å². The summed E-state index contributed by atoms with van der Waals surface area (Å²) < 4.78 is 5.17. The second kappa shape index (κ2) is 11.2. The highest BCUT2D eigenvalue weighted by atomic mass is 16.6. The first-order chi connectivity index (χ1) is 14.3. The third-order valence-electron chi connectivity index (χ3n) is 3.96. The van der Waals surface area contributed by atoms with Crippen LogP contribution in [0.15, 0.2) is 54.6 Å². The normalized spacial score (nSPS) is 10.0. The SMILES string of the molecule is CN(CC(=O)Nc1cccc(C(=O)NCCC(N)=O)c1)C(=O)OCc1ccccc1. The zero-order chi connectivity index (χ0) is 21.9. The fourth-order valence-electron chi connectivity index (χ4n) is 2.45. The van der Waals surface area contributed by atoms with Gasteiger partial charge < -0.3 is 26.0 Å². The van der Waals surface area contributed by atoms with Crippen molar-refractivity contribution in [3.8, 4) is 0 Å². The Morgan fingerprint density at radius 2 is 1.77 bits per heavy atom. The number of nitrogens with two attached hydrogens (primary N) is 1. The summed E-state index contributed by atoms with van der Waals surface area (Å²) in [6, 6.07) is 15.5. The Balaban J connectivity index is 1.82. The minimum atomic E-state index is -0.628. The van der Waals surface area contributed by atoms with Gasteiger partial charge in [0.2, 0.25) is 11.8 Å². The Hall–Kier alpha value is -3.88. The first kappa shape index (κ1) is 22.4. The molecule has 158 valence electrons. The predicted molar refractivity (Wildman–Crippen MR) is 110 cm³/mol. The Morgan fingerprint density at radius 3 is 2.47 bits per heavy atom. The summed E-state index contributed by atoms with van der Waals surface area (Å²) in [5, 5.41) is 5.19. The number of amides is 4. The van der Waals surface area contributed by atoms with Gasteiger partial charge in [0.05, 0.1) is 0 Å². The van der Waals surface area contributed by atoms with Crippen molar-refractivity contribution in [3.05, 3.63) is 65.7 Å². The molecule has 2 rings (SSSR count). The molecular formula is C21H24N4O5. The molecule has 4 N–H and O–H groups in total. The van der Waals surface area contributed by atoms with Crippen molar-refractivity contribution in [2.24, 2.45) is 5.73 Å². The molecule has 0 aliphatic carbocycles. The topological polar surface area (TPSA) is 131 Å². The van der Waals surface area contributed by atoms with Crippen LogP contribution >= 0.6 is 0 Å². The van der Waals surface area contributed by atoms with E-state index in [0.29, 0.717) is 11.3 Å². The maximum Gasteiger partial charge on any atom is 0.410 e. The smallest absolute Gasteiger partial charge is 0.410 e. The van der Waals surface area contributed by atoms with Crippen LogP contribution < -0.4 is 16.4 Å². The van der Waals surface area contributed by atoms with Gasteiger partial charge in [-0.1, -0.05) is 36.4 Å². The minimum absolute atomic E-state index is 0.0366. The summed E-state index contributed by atoms with van der Waals surface area (Å²) in [6.45, 7) is 0.0157. The average Bonchev–Trinajstić information content (AvgIpc) is 2.72. The van der Waals surface area contributed by atoms with Crippen molar-refractivity contribution >= 4 is 29.5 Å². The molecule has 0 saturated carbocycles. The molecule has 0 aliphatic rings. The van der Waals surface area contributed by atoms with Gasteiger partial charge in [0.25, 0.3) is 5.91 Å². The van der Waals surface area contributed by atoms with E-state index in [9.17, 15) is 19.2 Å². The van der Waals surface area contributed by atoms with Crippen molar-refractivity contribution in [3.63, 3.8) is 0 Å². The molecule has 0 atom stereocenters. The summed E-state index contributed by atoms with van der Waals surface area (Å²) >= 11 is 0. The average molecular weight is 412 g/mol. The number of hydrogen-bond donors (Lipinski definition) is 3. The lowest BCUT2D eigenvalue weighted by Crippen LogP contribution is -2.35. The standard InChI is InChI=1S/C21H24N4O5/c1-25(21(29)30-14-15-6-3-2-4-7-15)13-19(27)24-17-9-5-8-16(12-17)20(28)23-11-10-18(22)26/h2-9,12H,10-11,13-14H2,1H3,(H2,22,26)(H,23,28)(H,24,27). The first-order valence-corrected chi connectivity index (χ1v) is 9.23. The molecule has 0 saturated heterocycles. The van der Waals surface area contributed by atoms with Crippen LogP contribution in [0.1, 0.15) is 22.3 Å². The maximum atomic E-state index is 12.2. The summed E-state index contributed by atoms with van der Waals surface area (Å²) in [4.78, 5) is 48.2. The van der Waals surface area contributed by atoms with E-state index in [-0.39, 0.29) is 26.1 Å². The van der Waals surface area contributed by atoms with Crippen LogP contribution in [-0.4, -0.2) is 48.9 Å². The number of nitrogens with zero attached hydrogens (tertiary/aromatic N) is 1. The number of likely N-dealkylation sites (N-methyl/N-ethyl adjacent to an activating group) is 1. The van der Waals surface area contributed by atoms with Crippen molar-refractivity contribution in [1.29, 1.82) is 0 Å². The van der Waals surface area contributed by atoms with Crippen LogP contribution in [0, 0.1) is 0 Å². The summed E-state index contributed by atoms with van der Waals surface area (Å²) in [7, 11) is 1.45. The van der Waals surface area contributed by atoms with Gasteiger partial charge in [0.1, 0.15) is 13.2 Å². The molecule has 0 radical (unpaired) electrons. The molecule has 4 amide bonds. The lowest BCUT2D eigenvalue weighted by Gasteiger charge is -2.17. The van der Waals surface area contributed by atoms with Crippen LogP contribution in [0.5, 0.6) is 0 Å². The second-order valence-electron chi connectivity index (χ2n) is 6.50. The van der Waals surface area contributed by atoms with E-state index < -0.39 is 23.8 Å². The van der Waals surface area contributed by atoms with E-state index in [1.807, 2.05) is 30.3 Å². The molecule has 0 spiro atoms. The fourth-order valence-corrected chi connectivity index (χ4v) is 2.45. The number of anilines is 1. The van der Waals surface area contributed by atoms with Crippen molar-refractivity contribution < 1.29 is 23.9 Å². The number of carbonyl (C=O) groups is 4. The summed E-state index contributed by atoms with van der Waals surface area (Å²) in [5.41, 5.74) is 6.58. The number of ether oxygens (including phenoxy) is 1. The second-order valence-corrected chi connectivity index (χ2v) is 6.50. The van der Waals surface area contributed by atoms with E-state index in [0.717, 1.165) is 10.5 Å². The Morgan fingerprint density at radius 1 is 1.03 bits per heavy atom. The number of primary amides is 1. The molecule has 9 nitrogen and oxygen atoms in total.